The Bertz CT molecular complexity index is 714. The molecule has 26 heavy (non-hydrogen) atoms. The molecule has 2 saturated heterocycles. The van der Waals surface area contributed by atoms with Crippen LogP contribution in [0.25, 0.3) is 0 Å². The summed E-state index contributed by atoms with van der Waals surface area (Å²) in [6, 6.07) is 18.3. The Kier molecular flexibility index (Phi) is 5.25. The van der Waals surface area contributed by atoms with Crippen molar-refractivity contribution in [2.75, 3.05) is 26.3 Å². The Hall–Kier alpha value is -1.88. The number of aliphatic hydroxyl groups is 1. The van der Waals surface area contributed by atoms with Gasteiger partial charge in [-0.1, -0.05) is 42.5 Å². The van der Waals surface area contributed by atoms with E-state index < -0.39 is 5.60 Å². The van der Waals surface area contributed by atoms with Crippen molar-refractivity contribution in [2.24, 2.45) is 0 Å². The number of benzene rings is 2. The van der Waals surface area contributed by atoms with Crippen molar-refractivity contribution in [2.45, 2.75) is 37.5 Å². The highest BCUT2D eigenvalue weighted by Gasteiger charge is 2.37. The molecule has 2 aliphatic heterocycles. The third-order valence-corrected chi connectivity index (χ3v) is 5.40. The molecule has 1 N–H and O–H groups in total. The number of ether oxygens (including phenoxy) is 2. The second kappa shape index (κ2) is 7.78. The molecular weight excluding hydrogens is 326 g/mol. The number of β-amino-alcohol motifs (C(OH)–C–C–N with tert-alkyl or cyclic N) is 1. The fourth-order valence-corrected chi connectivity index (χ4v) is 3.95. The Morgan fingerprint density at radius 1 is 1.15 bits per heavy atom. The Morgan fingerprint density at radius 3 is 2.85 bits per heavy atom. The van der Waals surface area contributed by atoms with Gasteiger partial charge in [-0.2, -0.15) is 0 Å². The van der Waals surface area contributed by atoms with Crippen molar-refractivity contribution in [1.29, 1.82) is 0 Å². The van der Waals surface area contributed by atoms with Gasteiger partial charge in [0.15, 0.2) is 0 Å². The van der Waals surface area contributed by atoms with Crippen LogP contribution in [0.5, 0.6) is 5.75 Å². The van der Waals surface area contributed by atoms with Crippen molar-refractivity contribution in [3.8, 4) is 5.75 Å². The van der Waals surface area contributed by atoms with E-state index in [2.05, 4.69) is 17.0 Å². The summed E-state index contributed by atoms with van der Waals surface area (Å²) in [5.41, 5.74) is 1.48. The summed E-state index contributed by atoms with van der Waals surface area (Å²) >= 11 is 0. The largest absolute Gasteiger partial charge is 0.491 e. The third-order valence-electron chi connectivity index (χ3n) is 5.40. The third kappa shape index (κ3) is 4.09. The smallest absolute Gasteiger partial charge is 0.119 e. The molecule has 4 nitrogen and oxygen atoms in total. The van der Waals surface area contributed by atoms with Gasteiger partial charge in [0.1, 0.15) is 18.0 Å². The van der Waals surface area contributed by atoms with Gasteiger partial charge in [-0.15, -0.1) is 0 Å². The van der Waals surface area contributed by atoms with Gasteiger partial charge in [0, 0.05) is 26.2 Å². The van der Waals surface area contributed by atoms with E-state index in [1.807, 2.05) is 42.5 Å². The first-order valence-corrected chi connectivity index (χ1v) is 9.55. The SMILES string of the molecule is O[C@@]1(c2ccccc2)CCN(Cc2cccc(OC[C@H]3CCCO3)c2)C1. The quantitative estimate of drug-likeness (QED) is 0.865. The summed E-state index contributed by atoms with van der Waals surface area (Å²) < 4.78 is 11.5. The maximum absolute atomic E-state index is 11.0. The van der Waals surface area contributed by atoms with Crippen LogP contribution in [0.3, 0.4) is 0 Å². The predicted octanol–water partition coefficient (Wildman–Crippen LogP) is 3.34. The minimum absolute atomic E-state index is 0.234. The summed E-state index contributed by atoms with van der Waals surface area (Å²) in [6.45, 7) is 3.87. The molecule has 0 aliphatic carbocycles. The Balaban J connectivity index is 1.35. The lowest BCUT2D eigenvalue weighted by Crippen LogP contribution is -2.30. The molecular formula is C22H27NO3. The van der Waals surface area contributed by atoms with Crippen LogP contribution in [0.1, 0.15) is 30.4 Å². The number of hydrogen-bond acceptors (Lipinski definition) is 4. The lowest BCUT2D eigenvalue weighted by atomic mass is 9.93. The van der Waals surface area contributed by atoms with Crippen molar-refractivity contribution >= 4 is 0 Å². The summed E-state index contributed by atoms with van der Waals surface area (Å²) in [5.74, 6) is 0.899. The second-order valence-corrected chi connectivity index (χ2v) is 7.45. The van der Waals surface area contributed by atoms with Gasteiger partial charge in [-0.25, -0.2) is 0 Å². The van der Waals surface area contributed by atoms with Gasteiger partial charge in [0.05, 0.1) is 6.10 Å². The molecule has 0 radical (unpaired) electrons. The molecule has 0 saturated carbocycles. The molecule has 138 valence electrons. The van der Waals surface area contributed by atoms with E-state index in [1.165, 1.54) is 5.56 Å². The highest BCUT2D eigenvalue weighted by molar-refractivity contribution is 5.29. The van der Waals surface area contributed by atoms with Crippen LogP contribution < -0.4 is 4.74 Å². The molecule has 4 heteroatoms. The molecule has 2 heterocycles. The molecule has 0 bridgehead atoms. The lowest BCUT2D eigenvalue weighted by Gasteiger charge is -2.24. The van der Waals surface area contributed by atoms with E-state index in [4.69, 9.17) is 9.47 Å². The van der Waals surface area contributed by atoms with Crippen LogP contribution in [0.15, 0.2) is 54.6 Å². The van der Waals surface area contributed by atoms with Crippen LogP contribution in [0.2, 0.25) is 0 Å². The molecule has 0 spiro atoms. The maximum atomic E-state index is 11.0. The summed E-state index contributed by atoms with van der Waals surface area (Å²) in [4.78, 5) is 2.31. The van der Waals surface area contributed by atoms with Gasteiger partial charge in [-0.3, -0.25) is 4.90 Å². The molecule has 2 atom stereocenters. The Labute approximate surface area is 155 Å². The minimum atomic E-state index is -0.741. The zero-order valence-electron chi connectivity index (χ0n) is 15.1. The van der Waals surface area contributed by atoms with E-state index >= 15 is 0 Å². The first-order chi connectivity index (χ1) is 12.7. The minimum Gasteiger partial charge on any atom is -0.491 e. The van der Waals surface area contributed by atoms with E-state index in [1.54, 1.807) is 0 Å². The first kappa shape index (κ1) is 17.5. The lowest BCUT2D eigenvalue weighted by molar-refractivity contribution is 0.0452. The van der Waals surface area contributed by atoms with E-state index in [0.717, 1.165) is 50.3 Å². The average molecular weight is 353 g/mol. The number of hydrogen-bond donors (Lipinski definition) is 1. The predicted molar refractivity (Wildman–Crippen MR) is 101 cm³/mol. The number of nitrogens with zero attached hydrogens (tertiary/aromatic N) is 1. The van der Waals surface area contributed by atoms with Crippen LogP contribution >= 0.6 is 0 Å². The van der Waals surface area contributed by atoms with E-state index in [0.29, 0.717) is 13.2 Å². The van der Waals surface area contributed by atoms with Crippen LogP contribution in [-0.2, 0) is 16.9 Å². The van der Waals surface area contributed by atoms with Crippen molar-refractivity contribution < 1.29 is 14.6 Å². The highest BCUT2D eigenvalue weighted by atomic mass is 16.5. The summed E-state index contributed by atoms with van der Waals surface area (Å²) in [7, 11) is 0. The average Bonchev–Trinajstić information content (AvgIpc) is 3.32. The standard InChI is InChI=1S/C22H27NO3/c24-22(19-7-2-1-3-8-19)11-12-23(17-22)15-18-6-4-9-20(14-18)26-16-21-10-5-13-25-21/h1-4,6-9,14,21,24H,5,10-13,15-17H2/t21-,22+/m1/s1. The fraction of sp³-hybridized carbons (Fsp3) is 0.455. The highest BCUT2D eigenvalue weighted by Crippen LogP contribution is 2.32. The molecule has 2 aromatic rings. The van der Waals surface area contributed by atoms with Crippen molar-refractivity contribution in [3.05, 3.63) is 65.7 Å². The van der Waals surface area contributed by atoms with Gasteiger partial charge in [0.25, 0.3) is 0 Å². The fourth-order valence-electron chi connectivity index (χ4n) is 3.95. The van der Waals surface area contributed by atoms with Crippen molar-refractivity contribution in [1.82, 2.24) is 4.90 Å². The number of rotatable bonds is 6. The maximum Gasteiger partial charge on any atom is 0.119 e. The molecule has 2 aromatic carbocycles. The molecule has 0 amide bonds. The molecule has 4 rings (SSSR count). The number of likely N-dealkylation sites (tertiary alicyclic amines) is 1. The van der Waals surface area contributed by atoms with Crippen LogP contribution in [0, 0.1) is 0 Å². The van der Waals surface area contributed by atoms with Crippen molar-refractivity contribution in [3.63, 3.8) is 0 Å². The van der Waals surface area contributed by atoms with E-state index in [-0.39, 0.29) is 6.10 Å². The zero-order valence-corrected chi connectivity index (χ0v) is 15.1. The van der Waals surface area contributed by atoms with Gasteiger partial charge in [-0.05, 0) is 42.5 Å². The van der Waals surface area contributed by atoms with E-state index in [9.17, 15) is 5.11 Å². The molecule has 2 fully saturated rings. The topological polar surface area (TPSA) is 41.9 Å². The molecule has 0 aromatic heterocycles. The molecule has 2 aliphatic rings. The van der Waals surface area contributed by atoms with Gasteiger partial charge >= 0.3 is 0 Å². The molecule has 0 unspecified atom stereocenters. The van der Waals surface area contributed by atoms with Gasteiger partial charge in [0.2, 0.25) is 0 Å². The summed E-state index contributed by atoms with van der Waals surface area (Å²) in [6.07, 6.45) is 3.23. The van der Waals surface area contributed by atoms with Gasteiger partial charge < -0.3 is 14.6 Å². The monoisotopic (exact) mass is 353 g/mol. The van der Waals surface area contributed by atoms with Crippen LogP contribution in [0.4, 0.5) is 0 Å². The first-order valence-electron chi connectivity index (χ1n) is 9.55. The zero-order chi connectivity index (χ0) is 17.8. The van der Waals surface area contributed by atoms with Crippen LogP contribution in [-0.4, -0.2) is 42.4 Å². The Morgan fingerprint density at radius 2 is 2.04 bits per heavy atom. The normalized spacial score (nSPS) is 26.3. The second-order valence-electron chi connectivity index (χ2n) is 7.45. The summed E-state index contributed by atoms with van der Waals surface area (Å²) in [5, 5.41) is 11.0.